The molecule has 2 heterocycles. The number of nitro groups is 1. The summed E-state index contributed by atoms with van der Waals surface area (Å²) in [5.74, 6) is 0.0546. The van der Waals surface area contributed by atoms with Crippen molar-refractivity contribution in [1.82, 2.24) is 19.6 Å². The fourth-order valence-corrected chi connectivity index (χ4v) is 8.44. The number of rotatable bonds is 7. The van der Waals surface area contributed by atoms with Crippen LogP contribution in [0.2, 0.25) is 15.1 Å². The molecule has 4 saturated carbocycles. The number of halogens is 4. The van der Waals surface area contributed by atoms with Crippen LogP contribution in [0.1, 0.15) is 56.2 Å². The summed E-state index contributed by atoms with van der Waals surface area (Å²) in [6.07, 6.45) is 7.18. The second-order valence-electron chi connectivity index (χ2n) is 11.5. The topological polar surface area (TPSA) is 108 Å². The zero-order valence-electron chi connectivity index (χ0n) is 21.1. The van der Waals surface area contributed by atoms with E-state index in [2.05, 4.69) is 15.5 Å². The zero-order chi connectivity index (χ0) is 27.7. The summed E-state index contributed by atoms with van der Waals surface area (Å²) >= 11 is 18.8. The average molecular weight is 596 g/mol. The quantitative estimate of drug-likeness (QED) is 0.240. The highest BCUT2D eigenvalue weighted by Crippen LogP contribution is 2.65. The molecular formula is C26H26Cl3FN6O3. The molecule has 1 N–H and O–H groups in total. The Hall–Kier alpha value is -2.69. The van der Waals surface area contributed by atoms with Crippen molar-refractivity contribution in [2.75, 3.05) is 5.32 Å². The lowest BCUT2D eigenvalue weighted by molar-refractivity contribution is -0.389. The second-order valence-corrected chi connectivity index (χ2v) is 12.7. The van der Waals surface area contributed by atoms with Gasteiger partial charge in [-0.1, -0.05) is 40.9 Å². The number of anilines is 1. The predicted octanol–water partition coefficient (Wildman–Crippen LogP) is 6.77. The van der Waals surface area contributed by atoms with Crippen molar-refractivity contribution in [2.45, 2.75) is 64.0 Å². The van der Waals surface area contributed by atoms with E-state index in [-0.39, 0.29) is 56.6 Å². The normalized spacial score (nSPS) is 27.2. The first-order chi connectivity index (χ1) is 18.5. The van der Waals surface area contributed by atoms with Crippen LogP contribution in [0.15, 0.2) is 24.4 Å². The third kappa shape index (κ3) is 4.60. The van der Waals surface area contributed by atoms with Crippen molar-refractivity contribution in [3.63, 3.8) is 0 Å². The Morgan fingerprint density at radius 3 is 2.54 bits per heavy atom. The van der Waals surface area contributed by atoms with E-state index >= 15 is 0 Å². The molecule has 9 nitrogen and oxygen atoms in total. The number of hydrogen-bond donors (Lipinski definition) is 1. The minimum Gasteiger partial charge on any atom is -0.358 e. The average Bonchev–Trinajstić information content (AvgIpc) is 3.33. The maximum absolute atomic E-state index is 14.2. The van der Waals surface area contributed by atoms with Crippen LogP contribution in [0.25, 0.3) is 0 Å². The van der Waals surface area contributed by atoms with Gasteiger partial charge >= 0.3 is 5.82 Å². The van der Waals surface area contributed by atoms with Crippen LogP contribution >= 0.6 is 34.8 Å². The zero-order valence-corrected chi connectivity index (χ0v) is 23.4. The lowest BCUT2D eigenvalue weighted by atomic mass is 9.46. The number of amides is 1. The molecule has 0 saturated heterocycles. The van der Waals surface area contributed by atoms with Crippen LogP contribution in [-0.2, 0) is 16.9 Å². The number of nitrogens with zero attached hydrogens (tertiary/aromatic N) is 5. The molecule has 2 aromatic heterocycles. The van der Waals surface area contributed by atoms with Crippen molar-refractivity contribution in [1.29, 1.82) is 0 Å². The number of nitrogens with one attached hydrogen (secondary N) is 1. The molecule has 7 rings (SSSR count). The SMILES string of the molecule is Cc1c(Cl)c([N+](=O)[O-])nn1C12CC3CC(CC(CC(=O)Nc4nn(Cc5c(F)cccc5Cl)cc4Cl)(C3)C1)C2. The summed E-state index contributed by atoms with van der Waals surface area (Å²) in [4.78, 5) is 24.3. The van der Waals surface area contributed by atoms with E-state index in [4.69, 9.17) is 34.8 Å². The van der Waals surface area contributed by atoms with Crippen LogP contribution in [0.3, 0.4) is 0 Å². The van der Waals surface area contributed by atoms with Crippen LogP contribution in [-0.4, -0.2) is 30.4 Å². The number of carbonyl (C=O) groups is 1. The lowest BCUT2D eigenvalue weighted by Gasteiger charge is -2.61. The van der Waals surface area contributed by atoms with Gasteiger partial charge in [-0.2, -0.15) is 9.78 Å². The molecular weight excluding hydrogens is 570 g/mol. The van der Waals surface area contributed by atoms with Crippen molar-refractivity contribution < 1.29 is 14.1 Å². The highest BCUT2D eigenvalue weighted by Gasteiger charge is 2.61. The Labute approximate surface area is 238 Å². The molecule has 4 aliphatic carbocycles. The van der Waals surface area contributed by atoms with E-state index in [1.54, 1.807) is 17.7 Å². The fraction of sp³-hybridized carbons (Fsp3) is 0.500. The molecule has 1 aromatic carbocycles. The highest BCUT2D eigenvalue weighted by atomic mass is 35.5. The van der Waals surface area contributed by atoms with Crippen LogP contribution in [0.5, 0.6) is 0 Å². The molecule has 39 heavy (non-hydrogen) atoms. The van der Waals surface area contributed by atoms with E-state index in [0.717, 1.165) is 32.1 Å². The molecule has 3 aromatic rings. The maximum atomic E-state index is 14.2. The monoisotopic (exact) mass is 594 g/mol. The van der Waals surface area contributed by atoms with Crippen molar-refractivity contribution in [3.05, 3.63) is 66.7 Å². The van der Waals surface area contributed by atoms with Crippen LogP contribution in [0.4, 0.5) is 16.0 Å². The van der Waals surface area contributed by atoms with Gasteiger partial charge < -0.3 is 15.4 Å². The molecule has 4 aliphatic rings. The third-order valence-electron chi connectivity index (χ3n) is 8.69. The molecule has 4 fully saturated rings. The van der Waals surface area contributed by atoms with E-state index in [9.17, 15) is 19.3 Å². The molecule has 2 unspecified atom stereocenters. The van der Waals surface area contributed by atoms with Gasteiger partial charge in [0.15, 0.2) is 10.8 Å². The first-order valence-electron chi connectivity index (χ1n) is 12.8. The van der Waals surface area contributed by atoms with Gasteiger partial charge in [-0.25, -0.2) is 4.39 Å². The minimum absolute atomic E-state index is 0.0643. The van der Waals surface area contributed by atoms with Gasteiger partial charge in [0.05, 0.1) is 22.9 Å². The van der Waals surface area contributed by atoms with Gasteiger partial charge in [-0.3, -0.25) is 9.48 Å². The molecule has 13 heteroatoms. The molecule has 0 radical (unpaired) electrons. The summed E-state index contributed by atoms with van der Waals surface area (Å²) in [5, 5.41) is 23.7. The van der Waals surface area contributed by atoms with Gasteiger partial charge in [0, 0.05) is 23.2 Å². The second kappa shape index (κ2) is 9.45. The summed E-state index contributed by atoms with van der Waals surface area (Å²) in [7, 11) is 0. The molecule has 2 atom stereocenters. The number of carbonyl (C=O) groups excluding carboxylic acids is 1. The van der Waals surface area contributed by atoms with E-state index in [1.807, 2.05) is 0 Å². The fourth-order valence-electron chi connectivity index (χ4n) is 7.83. The largest absolute Gasteiger partial charge is 0.408 e. The first kappa shape index (κ1) is 26.5. The van der Waals surface area contributed by atoms with E-state index in [0.29, 0.717) is 24.0 Å². The molecule has 1 amide bonds. The van der Waals surface area contributed by atoms with Gasteiger partial charge in [0.25, 0.3) is 0 Å². The van der Waals surface area contributed by atoms with E-state index < -0.39 is 16.3 Å². The highest BCUT2D eigenvalue weighted by molar-refractivity contribution is 6.33. The Balaban J connectivity index is 1.21. The predicted molar refractivity (Wildman–Crippen MR) is 145 cm³/mol. The number of aromatic nitrogens is 4. The number of benzene rings is 1. The first-order valence-corrected chi connectivity index (χ1v) is 14.0. The summed E-state index contributed by atoms with van der Waals surface area (Å²) in [5.41, 5.74) is 0.218. The van der Waals surface area contributed by atoms with Crippen LogP contribution < -0.4 is 5.32 Å². The van der Waals surface area contributed by atoms with Crippen molar-refractivity contribution in [3.8, 4) is 0 Å². The summed E-state index contributed by atoms with van der Waals surface area (Å²) in [6, 6.07) is 4.45. The van der Waals surface area contributed by atoms with Crippen molar-refractivity contribution in [2.24, 2.45) is 17.3 Å². The molecule has 0 spiro atoms. The van der Waals surface area contributed by atoms with E-state index in [1.165, 1.54) is 23.0 Å². The molecule has 4 bridgehead atoms. The Bertz CT molecular complexity index is 1470. The Morgan fingerprint density at radius 2 is 1.90 bits per heavy atom. The Morgan fingerprint density at radius 1 is 1.18 bits per heavy atom. The summed E-state index contributed by atoms with van der Waals surface area (Å²) < 4.78 is 17.5. The van der Waals surface area contributed by atoms with Gasteiger partial charge in [0.1, 0.15) is 10.8 Å². The Kier molecular flexibility index (Phi) is 6.43. The third-order valence-corrected chi connectivity index (χ3v) is 9.77. The minimum atomic E-state index is -0.543. The van der Waals surface area contributed by atoms with Gasteiger partial charge in [-0.05, 0) is 79.8 Å². The molecule has 206 valence electrons. The lowest BCUT2D eigenvalue weighted by Crippen LogP contribution is -2.57. The smallest absolute Gasteiger partial charge is 0.358 e. The van der Waals surface area contributed by atoms with Crippen LogP contribution in [0, 0.1) is 40.1 Å². The van der Waals surface area contributed by atoms with Crippen molar-refractivity contribution >= 4 is 52.3 Å². The molecule has 0 aliphatic heterocycles. The van der Waals surface area contributed by atoms with Gasteiger partial charge in [0.2, 0.25) is 5.91 Å². The van der Waals surface area contributed by atoms with Gasteiger partial charge in [-0.15, -0.1) is 0 Å². The number of hydrogen-bond acceptors (Lipinski definition) is 5. The summed E-state index contributed by atoms with van der Waals surface area (Å²) in [6.45, 7) is 1.84. The standard InChI is InChI=1S/C26H26Cl3FN6O3/c1-14-22(29)24(36(38)39)33-35(14)26-8-15-5-16(9-26)7-25(6-15,13-26)10-21(37)31-23-19(28)12-34(32-23)11-17-18(27)3-2-4-20(17)30/h2-4,12,15-16H,5-11,13H2,1H3,(H,31,32,37). The maximum Gasteiger partial charge on any atom is 0.408 e.